The molecule has 0 saturated heterocycles. The van der Waals surface area contributed by atoms with Gasteiger partial charge in [0.1, 0.15) is 22.8 Å². The van der Waals surface area contributed by atoms with Crippen molar-refractivity contribution in [1.29, 1.82) is 0 Å². The number of hydrogen-bond acceptors (Lipinski definition) is 12. The Hall–Kier alpha value is -4.12. The zero-order valence-electron chi connectivity index (χ0n) is 38.7. The summed E-state index contributed by atoms with van der Waals surface area (Å²) in [6.45, 7) is 16.8. The molecule has 2 aliphatic rings. The van der Waals surface area contributed by atoms with Crippen LogP contribution in [0.5, 0.6) is 0 Å². The maximum Gasteiger partial charge on any atom is 0.407 e. The first-order valence-electron chi connectivity index (χ1n) is 21.6. The average molecular weight is 961 g/mol. The van der Waals surface area contributed by atoms with Crippen molar-refractivity contribution < 1.29 is 23.5 Å². The highest BCUT2D eigenvalue weighted by atomic mass is 35.5. The molecule has 5 N–H and O–H groups in total. The maximum atomic E-state index is 13.4. The molecule has 5 rings (SSSR count). The summed E-state index contributed by atoms with van der Waals surface area (Å²) in [5.74, 6) is 14.5. The summed E-state index contributed by atoms with van der Waals surface area (Å²) in [7, 11) is 4.67. The zero-order valence-corrected chi connectivity index (χ0v) is 43.1. The second-order valence-electron chi connectivity index (χ2n) is 17.2. The highest BCUT2D eigenvalue weighted by Gasteiger charge is 2.26. The van der Waals surface area contributed by atoms with Gasteiger partial charge in [0.15, 0.2) is 0 Å². The van der Waals surface area contributed by atoms with E-state index in [0.29, 0.717) is 28.8 Å². The van der Waals surface area contributed by atoms with Gasteiger partial charge in [0, 0.05) is 61.2 Å². The minimum Gasteiger partial charge on any atom is -0.444 e. The lowest BCUT2D eigenvalue weighted by Gasteiger charge is -2.28. The van der Waals surface area contributed by atoms with Crippen molar-refractivity contribution in [3.05, 3.63) is 53.1 Å². The van der Waals surface area contributed by atoms with Gasteiger partial charge in [0.2, 0.25) is 17.2 Å². The van der Waals surface area contributed by atoms with Crippen LogP contribution in [-0.2, 0) is 9.47 Å². The average Bonchev–Trinajstić information content (AvgIpc) is 3.21. The number of ether oxygens (including phenoxy) is 2. The Labute approximate surface area is 392 Å². The predicted molar refractivity (Wildman–Crippen MR) is 269 cm³/mol. The molecule has 2 amide bonds. The molecule has 0 aromatic carbocycles. The first-order chi connectivity index (χ1) is 30.0. The van der Waals surface area contributed by atoms with Gasteiger partial charge in [-0.2, -0.15) is 24.3 Å². The van der Waals surface area contributed by atoms with Crippen LogP contribution in [0.2, 0.25) is 5.28 Å². The first kappa shape index (κ1) is 56.0. The first-order valence-corrected chi connectivity index (χ1v) is 24.6. The minimum absolute atomic E-state index is 0. The van der Waals surface area contributed by atoms with E-state index in [4.69, 9.17) is 21.1 Å². The van der Waals surface area contributed by atoms with Crippen molar-refractivity contribution in [2.75, 3.05) is 29.0 Å². The molecule has 19 heteroatoms. The molecule has 0 radical (unpaired) electrons. The van der Waals surface area contributed by atoms with Crippen LogP contribution in [0.15, 0.2) is 30.7 Å². The Morgan fingerprint density at radius 1 is 0.781 bits per heavy atom. The van der Waals surface area contributed by atoms with E-state index in [1.807, 2.05) is 41.5 Å². The summed E-state index contributed by atoms with van der Waals surface area (Å²) in [6, 6.07) is 3.06. The lowest BCUT2D eigenvalue weighted by molar-refractivity contribution is 0.0477. The fraction of sp³-hybridized carbons (Fsp3) is 0.578. The summed E-state index contributed by atoms with van der Waals surface area (Å²) in [4.78, 5) is 44.8. The van der Waals surface area contributed by atoms with Crippen LogP contribution in [-0.4, -0.2) is 73.5 Å². The van der Waals surface area contributed by atoms with E-state index in [0.717, 1.165) is 82.9 Å². The number of aromatic nitrogens is 5. The zero-order chi connectivity index (χ0) is 46.4. The molecule has 3 aromatic rings. The molecule has 0 aliphatic heterocycles. The number of carbonyl (C=O) groups is 2. The summed E-state index contributed by atoms with van der Waals surface area (Å²) in [6.07, 6.45) is 13.3. The van der Waals surface area contributed by atoms with E-state index in [1.165, 1.54) is 12.3 Å². The fourth-order valence-corrected chi connectivity index (χ4v) is 6.70. The number of amides is 2. The molecule has 7 atom stereocenters. The Morgan fingerprint density at radius 3 is 1.73 bits per heavy atom. The smallest absolute Gasteiger partial charge is 0.407 e. The normalized spacial score (nSPS) is 17.8. The highest BCUT2D eigenvalue weighted by Crippen LogP contribution is 2.26. The third-order valence-corrected chi connectivity index (χ3v) is 9.41. The summed E-state index contributed by atoms with van der Waals surface area (Å²) >= 11 is 5.90. The second kappa shape index (κ2) is 28.7. The van der Waals surface area contributed by atoms with Crippen LogP contribution < -0.4 is 26.6 Å². The van der Waals surface area contributed by atoms with Crippen molar-refractivity contribution in [2.24, 2.45) is 11.8 Å². The van der Waals surface area contributed by atoms with E-state index < -0.39 is 17.1 Å². The maximum absolute atomic E-state index is 13.4. The Balaban J connectivity index is 0.000000427. The summed E-state index contributed by atoms with van der Waals surface area (Å²) in [5, 5.41) is 15.7. The molecule has 2 aliphatic carbocycles. The van der Waals surface area contributed by atoms with Crippen LogP contribution in [0, 0.1) is 41.5 Å². The topological polar surface area (TPSA) is 177 Å². The van der Waals surface area contributed by atoms with Gasteiger partial charge in [-0.25, -0.2) is 24.5 Å². The molecule has 3 unspecified atom stereocenters. The summed E-state index contributed by atoms with van der Waals surface area (Å²) in [5.41, 5.74) is 0.941. The number of anilines is 4. The number of halogens is 2. The van der Waals surface area contributed by atoms with Crippen molar-refractivity contribution in [1.82, 2.24) is 35.6 Å². The monoisotopic (exact) mass is 960 g/mol. The summed E-state index contributed by atoms with van der Waals surface area (Å²) < 4.78 is 24.1. The van der Waals surface area contributed by atoms with E-state index in [1.54, 1.807) is 18.5 Å². The molecule has 0 bridgehead atoms. The van der Waals surface area contributed by atoms with E-state index in [9.17, 15) is 14.0 Å². The number of alkyl carbamates (subject to hydrolysis) is 2. The second-order valence-corrected chi connectivity index (χ2v) is 17.5. The van der Waals surface area contributed by atoms with Crippen molar-refractivity contribution in [3.8, 4) is 23.7 Å². The lowest BCUT2D eigenvalue weighted by Crippen LogP contribution is -2.41. The van der Waals surface area contributed by atoms with Crippen LogP contribution in [0.1, 0.15) is 131 Å². The molecule has 3 heterocycles. The molecule has 14 nitrogen and oxygen atoms in total. The van der Waals surface area contributed by atoms with Crippen molar-refractivity contribution >= 4 is 74.8 Å². The lowest BCUT2D eigenvalue weighted by atomic mass is 9.86. The molecule has 2 fully saturated rings. The molecule has 0 spiro atoms. The molecule has 2 saturated carbocycles. The number of nitrogens with one attached hydrogen (secondary N) is 5. The van der Waals surface area contributed by atoms with E-state index >= 15 is 0 Å². The third-order valence-electron chi connectivity index (χ3n) is 9.23. The van der Waals surface area contributed by atoms with Gasteiger partial charge >= 0.3 is 12.2 Å². The van der Waals surface area contributed by atoms with Gasteiger partial charge in [0.25, 0.3) is 0 Å². The van der Waals surface area contributed by atoms with Gasteiger partial charge in [-0.1, -0.05) is 50.4 Å². The number of carbonyl (C=O) groups excluding carboxylic acids is 2. The van der Waals surface area contributed by atoms with Gasteiger partial charge in [-0.05, 0) is 111 Å². The highest BCUT2D eigenvalue weighted by molar-refractivity contribution is 7.92. The van der Waals surface area contributed by atoms with Crippen LogP contribution in [0.25, 0.3) is 0 Å². The molecular weight excluding hydrogens is 892 g/mol. The van der Waals surface area contributed by atoms with Gasteiger partial charge in [0.05, 0.1) is 17.3 Å². The molecule has 64 heavy (non-hydrogen) atoms. The Kier molecular flexibility index (Phi) is 25.1. The standard InChI is InChI=1S/C25H33FN6O2.C20H29ClN4O2.H4P2.H3P/c1-5-12-28-22-18(16-29-23(32-22)30-20-11-13-27-21(26)15-20)10-9-17-7-6-8-19(14-17)31-24(33)34-25(2,3)4;1-5-11-22-17-15(13-23-18(21)25-17)10-9-14-7-6-8-16(12-14)24-19(26)27-20(2,3)4;1-2;/h11,13,15-17,19H,5-8,12,14H2,1-4H3,(H,31,33)(H2,27,28,29,30,32);13-14,16H,5-8,11-12H2,1-4H3,(H,24,26)(H,22,23,25);1-2H2;1H3/t17-,19-;14-,16-;;/m00../s1. The van der Waals surface area contributed by atoms with Crippen LogP contribution in [0.3, 0.4) is 0 Å². The van der Waals surface area contributed by atoms with Gasteiger partial charge in [-0.15, -0.1) is 17.9 Å². The van der Waals surface area contributed by atoms with Crippen molar-refractivity contribution in [3.63, 3.8) is 0 Å². The molecular formula is C45H69ClFN10O4P3. The Bertz CT molecular complexity index is 2050. The predicted octanol–water partition coefficient (Wildman–Crippen LogP) is 10.1. The van der Waals surface area contributed by atoms with Crippen molar-refractivity contribution in [2.45, 2.75) is 143 Å². The quantitative estimate of drug-likeness (QED) is 0.0563. The van der Waals surface area contributed by atoms with E-state index in [2.05, 4.69) is 107 Å². The van der Waals surface area contributed by atoms with Crippen LogP contribution in [0.4, 0.5) is 37.3 Å². The minimum atomic E-state index is -0.580. The molecule has 3 aromatic heterocycles. The number of pyridine rings is 1. The third kappa shape index (κ3) is 22.2. The van der Waals surface area contributed by atoms with Gasteiger partial charge < -0.3 is 36.1 Å². The van der Waals surface area contributed by atoms with E-state index in [-0.39, 0.29) is 51.3 Å². The number of nitrogens with zero attached hydrogens (tertiary/aromatic N) is 5. The number of rotatable bonds is 10. The molecule has 352 valence electrons. The number of hydrogen-bond donors (Lipinski definition) is 5. The Morgan fingerprint density at radius 2 is 1.27 bits per heavy atom. The largest absolute Gasteiger partial charge is 0.444 e. The fourth-order valence-electron chi connectivity index (χ4n) is 6.56. The SMILES string of the molecule is CCCNc1nc(Cl)ncc1C#C[C@@H]1CCC[C@H](NC(=O)OC(C)(C)C)C1.CCCNc1nc(Nc2ccnc(F)c2)ncc1C#C[C@@H]1CCC[C@H](NC(=O)OC(C)(C)C)C1.P.PP. The van der Waals surface area contributed by atoms with Gasteiger partial charge in [-0.3, -0.25) is 0 Å². The van der Waals surface area contributed by atoms with Crippen LogP contribution >= 0.6 is 39.4 Å².